The van der Waals surface area contributed by atoms with E-state index in [-0.39, 0.29) is 0 Å². The van der Waals surface area contributed by atoms with Crippen LogP contribution in [0.4, 0.5) is 16.9 Å². The summed E-state index contributed by atoms with van der Waals surface area (Å²) in [4.78, 5) is 15.7. The van der Waals surface area contributed by atoms with E-state index in [4.69, 9.17) is 9.72 Å². The van der Waals surface area contributed by atoms with Gasteiger partial charge in [0.05, 0.1) is 19.3 Å². The molecule has 3 heterocycles. The highest BCUT2D eigenvalue weighted by molar-refractivity contribution is 7.09. The molecule has 0 saturated carbocycles. The maximum Gasteiger partial charge on any atom is 0.228 e. The lowest BCUT2D eigenvalue weighted by Gasteiger charge is -2.25. The molecule has 0 radical (unpaired) electrons. The molecule has 0 amide bonds. The van der Waals surface area contributed by atoms with Crippen LogP contribution in [0.1, 0.15) is 30.0 Å². The summed E-state index contributed by atoms with van der Waals surface area (Å²) >= 11 is 1.27. The van der Waals surface area contributed by atoms with Crippen molar-refractivity contribution in [3.63, 3.8) is 0 Å². The number of rotatable bonds is 5. The van der Waals surface area contributed by atoms with Crippen molar-refractivity contribution in [2.45, 2.75) is 25.8 Å². The largest absolute Gasteiger partial charge is 0.491 e. The van der Waals surface area contributed by atoms with Gasteiger partial charge in [0.2, 0.25) is 11.1 Å². The number of aryl methyl sites for hydroxylation is 1. The van der Waals surface area contributed by atoms with E-state index in [1.165, 1.54) is 29.0 Å². The van der Waals surface area contributed by atoms with Crippen molar-refractivity contribution >= 4 is 28.4 Å². The van der Waals surface area contributed by atoms with Crippen LogP contribution < -0.4 is 15.0 Å². The lowest BCUT2D eigenvalue weighted by molar-refractivity contribution is 0.413. The van der Waals surface area contributed by atoms with Crippen molar-refractivity contribution < 1.29 is 4.74 Å². The minimum Gasteiger partial charge on any atom is -0.491 e. The second-order valence-electron chi connectivity index (χ2n) is 6.22. The zero-order valence-electron chi connectivity index (χ0n) is 14.7. The summed E-state index contributed by atoms with van der Waals surface area (Å²) in [6.45, 7) is 3.04. The quantitative estimate of drug-likeness (QED) is 0.735. The number of anilines is 3. The number of ether oxygens (including phenoxy) is 1. The Labute approximate surface area is 156 Å². The molecule has 2 aromatic heterocycles. The highest BCUT2D eigenvalue weighted by Gasteiger charge is 2.28. The average molecular weight is 368 g/mol. The maximum absolute atomic E-state index is 5.39. The number of methoxy groups -OCH3 is 1. The first-order valence-electron chi connectivity index (χ1n) is 8.52. The molecule has 1 aromatic carbocycles. The summed E-state index contributed by atoms with van der Waals surface area (Å²) in [7, 11) is 1.61. The number of benzene rings is 1. The summed E-state index contributed by atoms with van der Waals surface area (Å²) in [5.74, 6) is 1.87. The molecule has 4 rings (SSSR count). The molecule has 134 valence electrons. The topological polar surface area (TPSA) is 76.1 Å². The fourth-order valence-electron chi connectivity index (χ4n) is 3.21. The first kappa shape index (κ1) is 16.7. The molecule has 26 heavy (non-hydrogen) atoms. The van der Waals surface area contributed by atoms with Crippen molar-refractivity contribution in [3.8, 4) is 5.75 Å². The van der Waals surface area contributed by atoms with Crippen LogP contribution in [0.15, 0.2) is 36.8 Å². The Morgan fingerprint density at radius 3 is 2.81 bits per heavy atom. The van der Waals surface area contributed by atoms with Crippen LogP contribution in [-0.2, 0) is 0 Å². The zero-order valence-corrected chi connectivity index (χ0v) is 15.5. The predicted molar refractivity (Wildman–Crippen MR) is 102 cm³/mol. The number of nitrogens with zero attached hydrogens (tertiary/aromatic N) is 5. The lowest BCUT2D eigenvalue weighted by Crippen LogP contribution is -2.25. The SMILES string of the molecule is COc1cnc(N2CCC[C@H]2c2ccc(C)cc2)nc1Nc1ncns1. The molecule has 0 spiro atoms. The Morgan fingerprint density at radius 1 is 1.23 bits per heavy atom. The van der Waals surface area contributed by atoms with E-state index in [1.807, 2.05) is 0 Å². The van der Waals surface area contributed by atoms with Gasteiger partial charge < -0.3 is 15.0 Å². The zero-order chi connectivity index (χ0) is 17.9. The van der Waals surface area contributed by atoms with Crippen LogP contribution in [0.25, 0.3) is 0 Å². The molecule has 8 heteroatoms. The van der Waals surface area contributed by atoms with Crippen molar-refractivity contribution in [2.24, 2.45) is 0 Å². The van der Waals surface area contributed by atoms with Gasteiger partial charge in [-0.1, -0.05) is 29.8 Å². The molecular weight excluding hydrogens is 348 g/mol. The molecule has 0 aliphatic carbocycles. The summed E-state index contributed by atoms with van der Waals surface area (Å²) in [5.41, 5.74) is 2.56. The molecule has 0 unspecified atom stereocenters. The molecule has 1 saturated heterocycles. The predicted octanol–water partition coefficient (Wildman–Crippen LogP) is 3.73. The highest BCUT2D eigenvalue weighted by atomic mass is 32.1. The van der Waals surface area contributed by atoms with Crippen molar-refractivity contribution in [2.75, 3.05) is 23.9 Å². The Morgan fingerprint density at radius 2 is 2.08 bits per heavy atom. The summed E-state index contributed by atoms with van der Waals surface area (Å²) in [5, 5.41) is 3.84. The molecule has 7 nitrogen and oxygen atoms in total. The normalized spacial score (nSPS) is 16.7. The van der Waals surface area contributed by atoms with E-state index < -0.39 is 0 Å². The average Bonchev–Trinajstić information content (AvgIpc) is 3.34. The van der Waals surface area contributed by atoms with Crippen LogP contribution in [0.2, 0.25) is 0 Å². The summed E-state index contributed by atoms with van der Waals surface area (Å²) in [6.07, 6.45) is 5.43. The Bertz CT molecular complexity index is 868. The lowest BCUT2D eigenvalue weighted by atomic mass is 10.0. The van der Waals surface area contributed by atoms with E-state index >= 15 is 0 Å². The van der Waals surface area contributed by atoms with Gasteiger partial charge in [-0.25, -0.2) is 9.97 Å². The Kier molecular flexibility index (Phi) is 4.66. The van der Waals surface area contributed by atoms with Gasteiger partial charge in [-0.05, 0) is 25.3 Å². The molecule has 1 fully saturated rings. The van der Waals surface area contributed by atoms with E-state index in [0.29, 0.717) is 28.7 Å². The summed E-state index contributed by atoms with van der Waals surface area (Å²) < 4.78 is 9.39. The van der Waals surface area contributed by atoms with Gasteiger partial charge >= 0.3 is 0 Å². The van der Waals surface area contributed by atoms with Crippen molar-refractivity contribution in [3.05, 3.63) is 47.9 Å². The summed E-state index contributed by atoms with van der Waals surface area (Å²) in [6, 6.07) is 9.00. The minimum absolute atomic E-state index is 0.290. The van der Waals surface area contributed by atoms with Crippen molar-refractivity contribution in [1.29, 1.82) is 0 Å². The molecule has 3 aromatic rings. The molecule has 1 aliphatic heterocycles. The number of aromatic nitrogens is 4. The van der Waals surface area contributed by atoms with E-state index in [1.54, 1.807) is 13.3 Å². The smallest absolute Gasteiger partial charge is 0.228 e. The van der Waals surface area contributed by atoms with Crippen LogP contribution >= 0.6 is 11.5 Å². The van der Waals surface area contributed by atoms with Crippen LogP contribution in [0.3, 0.4) is 0 Å². The van der Waals surface area contributed by atoms with Gasteiger partial charge in [-0.15, -0.1) is 0 Å². The van der Waals surface area contributed by atoms with E-state index in [2.05, 4.69) is 55.7 Å². The number of hydrogen-bond acceptors (Lipinski definition) is 8. The fourth-order valence-corrected chi connectivity index (χ4v) is 3.64. The maximum atomic E-state index is 5.39. The van der Waals surface area contributed by atoms with Crippen LogP contribution in [0, 0.1) is 6.92 Å². The third kappa shape index (κ3) is 3.32. The Hall–Kier alpha value is -2.74. The van der Waals surface area contributed by atoms with E-state index in [9.17, 15) is 0 Å². The molecule has 1 N–H and O–H groups in total. The number of nitrogens with one attached hydrogen (secondary N) is 1. The Balaban J connectivity index is 1.64. The van der Waals surface area contributed by atoms with Gasteiger partial charge in [0.25, 0.3) is 0 Å². The molecular formula is C18H20N6OS. The van der Waals surface area contributed by atoms with Crippen molar-refractivity contribution in [1.82, 2.24) is 19.3 Å². The van der Waals surface area contributed by atoms with Gasteiger partial charge in [-0.3, -0.25) is 0 Å². The van der Waals surface area contributed by atoms with Crippen LogP contribution in [0.5, 0.6) is 5.75 Å². The minimum atomic E-state index is 0.290. The first-order valence-corrected chi connectivity index (χ1v) is 9.30. The molecule has 0 bridgehead atoms. The molecule has 1 atom stereocenters. The third-order valence-electron chi connectivity index (χ3n) is 4.52. The second-order valence-corrected chi connectivity index (χ2v) is 7.00. The van der Waals surface area contributed by atoms with Gasteiger partial charge in [0.1, 0.15) is 6.33 Å². The van der Waals surface area contributed by atoms with Crippen LogP contribution in [-0.4, -0.2) is 33.0 Å². The first-order chi connectivity index (χ1) is 12.7. The van der Waals surface area contributed by atoms with E-state index in [0.717, 1.165) is 19.4 Å². The van der Waals surface area contributed by atoms with Gasteiger partial charge in [-0.2, -0.15) is 9.36 Å². The van der Waals surface area contributed by atoms with Gasteiger partial charge in [0.15, 0.2) is 11.6 Å². The monoisotopic (exact) mass is 368 g/mol. The van der Waals surface area contributed by atoms with Gasteiger partial charge in [0, 0.05) is 18.1 Å². The standard InChI is InChI=1S/C18H20N6OS/c1-12-5-7-13(8-6-12)14-4-3-9-24(14)17-19-10-15(25-2)16(22-17)23-18-20-11-21-26-18/h5-8,10-11,14H,3-4,9H2,1-2H3,(H,19,20,21,22,23)/t14-/m0/s1. The fraction of sp³-hybridized carbons (Fsp3) is 0.333. The second kappa shape index (κ2) is 7.25. The molecule has 1 aliphatic rings. The highest BCUT2D eigenvalue weighted by Crippen LogP contribution is 2.36. The third-order valence-corrected chi connectivity index (χ3v) is 5.10. The number of hydrogen-bond donors (Lipinski definition) is 1.